The van der Waals surface area contributed by atoms with E-state index in [1.54, 1.807) is 27.7 Å². The van der Waals surface area contributed by atoms with Gasteiger partial charge in [-0.05, 0) is 36.7 Å². The van der Waals surface area contributed by atoms with E-state index in [-0.39, 0.29) is 17.7 Å². The number of aromatic nitrogens is 3. The Hall–Kier alpha value is -2.34. The summed E-state index contributed by atoms with van der Waals surface area (Å²) in [5, 5.41) is 19.9. The van der Waals surface area contributed by atoms with Gasteiger partial charge in [-0.3, -0.25) is 4.79 Å². The normalized spacial score (nSPS) is 16.1. The predicted octanol–water partition coefficient (Wildman–Crippen LogP) is 5.40. The van der Waals surface area contributed by atoms with Crippen molar-refractivity contribution in [2.24, 2.45) is 5.10 Å². The van der Waals surface area contributed by atoms with Crippen LogP contribution in [0, 0.1) is 13.8 Å². The van der Waals surface area contributed by atoms with Crippen molar-refractivity contribution in [2.75, 3.05) is 5.75 Å². The Bertz CT molecular complexity index is 1230. The summed E-state index contributed by atoms with van der Waals surface area (Å²) in [6.45, 7) is 3.86. The lowest BCUT2D eigenvalue weighted by Crippen LogP contribution is -2.28. The van der Waals surface area contributed by atoms with Crippen LogP contribution in [-0.4, -0.2) is 37.6 Å². The smallest absolute Gasteiger partial charge is 0.277 e. The van der Waals surface area contributed by atoms with Gasteiger partial charge in [-0.15, -0.1) is 44.2 Å². The highest BCUT2D eigenvalue weighted by atomic mass is 32.2. The van der Waals surface area contributed by atoms with Crippen molar-refractivity contribution in [3.8, 4) is 10.8 Å². The topological polar surface area (TPSA) is 84.5 Å². The van der Waals surface area contributed by atoms with Crippen LogP contribution < -0.4 is 0 Å². The molecule has 7 nitrogen and oxygen atoms in total. The summed E-state index contributed by atoms with van der Waals surface area (Å²) in [4.78, 5) is 20.6. The summed E-state index contributed by atoms with van der Waals surface area (Å²) in [7, 11) is 0. The molecule has 4 aromatic rings. The number of hydrogen-bond donors (Lipinski definition) is 0. The fraction of sp³-hybridized carbons (Fsp3) is 0.250. The first-order valence-corrected chi connectivity index (χ1v) is 13.0. The van der Waals surface area contributed by atoms with E-state index in [1.807, 2.05) is 42.8 Å². The molecule has 1 aliphatic heterocycles. The van der Waals surface area contributed by atoms with E-state index in [0.717, 1.165) is 31.0 Å². The standard InChI is InChI=1S/C20H17N5O2S4/c1-11-18(31-12(2)21-11)19-22-23-20(27-19)30-10-17(26)25-14(16-6-4-8-29-16)9-13(24-25)15-5-3-7-28-15/h3-8,14H,9-10H2,1-2H3. The first-order chi connectivity index (χ1) is 15.1. The number of hydrogen-bond acceptors (Lipinski definition) is 10. The molecule has 31 heavy (non-hydrogen) atoms. The maximum absolute atomic E-state index is 13.1. The fourth-order valence-electron chi connectivity index (χ4n) is 3.31. The zero-order chi connectivity index (χ0) is 21.4. The minimum absolute atomic E-state index is 0.0775. The Morgan fingerprint density at radius 1 is 1.23 bits per heavy atom. The van der Waals surface area contributed by atoms with Crippen molar-refractivity contribution >= 4 is 57.4 Å². The lowest BCUT2D eigenvalue weighted by Gasteiger charge is -2.20. The molecule has 0 saturated heterocycles. The number of thioether (sulfide) groups is 1. The van der Waals surface area contributed by atoms with Crippen LogP contribution in [0.25, 0.3) is 10.8 Å². The highest BCUT2D eigenvalue weighted by molar-refractivity contribution is 7.99. The minimum atomic E-state index is -0.0838. The summed E-state index contributed by atoms with van der Waals surface area (Å²) in [5.74, 6) is 0.527. The first-order valence-electron chi connectivity index (χ1n) is 9.46. The van der Waals surface area contributed by atoms with E-state index in [9.17, 15) is 4.79 Å². The van der Waals surface area contributed by atoms with Gasteiger partial charge >= 0.3 is 0 Å². The molecular weight excluding hydrogens is 471 g/mol. The highest BCUT2D eigenvalue weighted by Crippen LogP contribution is 2.37. The number of amides is 1. The zero-order valence-electron chi connectivity index (χ0n) is 16.6. The largest absolute Gasteiger partial charge is 0.410 e. The number of carbonyl (C=O) groups is 1. The van der Waals surface area contributed by atoms with Gasteiger partial charge < -0.3 is 4.42 Å². The summed E-state index contributed by atoms with van der Waals surface area (Å²) < 4.78 is 5.76. The molecule has 0 aromatic carbocycles. The molecule has 0 N–H and O–H groups in total. The van der Waals surface area contributed by atoms with Gasteiger partial charge in [-0.1, -0.05) is 23.9 Å². The summed E-state index contributed by atoms with van der Waals surface area (Å²) in [6.07, 6.45) is 0.714. The Kier molecular flexibility index (Phi) is 5.74. The van der Waals surface area contributed by atoms with Crippen molar-refractivity contribution in [3.05, 3.63) is 55.5 Å². The van der Waals surface area contributed by atoms with Crippen LogP contribution in [0.4, 0.5) is 0 Å². The SMILES string of the molecule is Cc1nc(C)c(-c2nnc(SCC(=O)N3N=C(c4cccs4)CC3c3cccs3)o2)s1. The van der Waals surface area contributed by atoms with E-state index >= 15 is 0 Å². The second-order valence-electron chi connectivity index (χ2n) is 6.81. The van der Waals surface area contributed by atoms with E-state index in [0.29, 0.717) is 17.5 Å². The van der Waals surface area contributed by atoms with Crippen LogP contribution in [0.1, 0.15) is 32.9 Å². The van der Waals surface area contributed by atoms with Gasteiger partial charge in [0.15, 0.2) is 0 Å². The molecule has 1 amide bonds. The molecule has 0 spiro atoms. The zero-order valence-corrected chi connectivity index (χ0v) is 19.9. The van der Waals surface area contributed by atoms with Gasteiger partial charge in [0.2, 0.25) is 0 Å². The number of thiophene rings is 2. The number of thiazole rings is 1. The molecule has 5 heterocycles. The molecule has 11 heteroatoms. The van der Waals surface area contributed by atoms with Crippen LogP contribution in [0.15, 0.2) is 49.8 Å². The van der Waals surface area contributed by atoms with Crippen molar-refractivity contribution in [2.45, 2.75) is 31.5 Å². The molecule has 0 radical (unpaired) electrons. The summed E-state index contributed by atoms with van der Waals surface area (Å²) >= 11 is 6.03. The molecule has 5 rings (SSSR count). The van der Waals surface area contributed by atoms with Crippen molar-refractivity contribution in [3.63, 3.8) is 0 Å². The van der Waals surface area contributed by atoms with Gasteiger partial charge in [0.05, 0.1) is 33.1 Å². The molecule has 1 aliphatic rings. The molecule has 1 atom stereocenters. The van der Waals surface area contributed by atoms with E-state index < -0.39 is 0 Å². The number of nitrogens with zero attached hydrogens (tertiary/aromatic N) is 5. The van der Waals surface area contributed by atoms with Gasteiger partial charge in [0, 0.05) is 11.3 Å². The van der Waals surface area contributed by atoms with Crippen molar-refractivity contribution in [1.82, 2.24) is 20.2 Å². The minimum Gasteiger partial charge on any atom is -0.410 e. The summed E-state index contributed by atoms with van der Waals surface area (Å²) in [6, 6.07) is 8.03. The molecule has 1 unspecified atom stereocenters. The lowest BCUT2D eigenvalue weighted by molar-refractivity contribution is -0.130. The van der Waals surface area contributed by atoms with E-state index in [2.05, 4.69) is 26.3 Å². The highest BCUT2D eigenvalue weighted by Gasteiger charge is 2.34. The Morgan fingerprint density at radius 2 is 2.06 bits per heavy atom. The molecular formula is C20H17N5O2S4. The fourth-order valence-corrected chi connectivity index (χ4v) is 6.30. The number of carbonyl (C=O) groups excluding carboxylic acids is 1. The number of hydrazone groups is 1. The summed E-state index contributed by atoms with van der Waals surface area (Å²) in [5.41, 5.74) is 1.81. The van der Waals surface area contributed by atoms with Crippen LogP contribution in [0.3, 0.4) is 0 Å². The van der Waals surface area contributed by atoms with Gasteiger partial charge in [0.1, 0.15) is 4.88 Å². The monoisotopic (exact) mass is 487 g/mol. The van der Waals surface area contributed by atoms with Crippen LogP contribution in [0.2, 0.25) is 0 Å². The Labute approximate surface area is 194 Å². The third kappa shape index (κ3) is 4.22. The third-order valence-corrected chi connectivity index (χ3v) is 8.42. The van der Waals surface area contributed by atoms with Crippen LogP contribution >= 0.6 is 45.8 Å². The molecule has 0 saturated carbocycles. The van der Waals surface area contributed by atoms with E-state index in [1.165, 1.54) is 23.1 Å². The molecule has 158 valence electrons. The Morgan fingerprint density at radius 3 is 2.77 bits per heavy atom. The second kappa shape index (κ2) is 8.65. The van der Waals surface area contributed by atoms with Gasteiger partial charge in [-0.25, -0.2) is 9.99 Å². The van der Waals surface area contributed by atoms with Crippen LogP contribution in [-0.2, 0) is 4.79 Å². The Balaban J connectivity index is 1.31. The van der Waals surface area contributed by atoms with Gasteiger partial charge in [-0.2, -0.15) is 5.10 Å². The van der Waals surface area contributed by atoms with E-state index in [4.69, 9.17) is 4.42 Å². The van der Waals surface area contributed by atoms with Crippen LogP contribution in [0.5, 0.6) is 0 Å². The average Bonchev–Trinajstić information content (AvgIpc) is 3.57. The molecule has 0 fully saturated rings. The maximum Gasteiger partial charge on any atom is 0.277 e. The predicted molar refractivity (Wildman–Crippen MR) is 125 cm³/mol. The maximum atomic E-state index is 13.1. The third-order valence-electron chi connectivity index (χ3n) is 4.67. The average molecular weight is 488 g/mol. The molecule has 4 aromatic heterocycles. The molecule has 0 bridgehead atoms. The quantitative estimate of drug-likeness (QED) is 0.339. The molecule has 0 aliphatic carbocycles. The lowest BCUT2D eigenvalue weighted by atomic mass is 10.1. The second-order valence-corrected chi connectivity index (χ2v) is 10.9. The van der Waals surface area contributed by atoms with Gasteiger partial charge in [0.25, 0.3) is 17.0 Å². The van der Waals surface area contributed by atoms with Crippen molar-refractivity contribution in [1.29, 1.82) is 0 Å². The first kappa shape index (κ1) is 20.6. The van der Waals surface area contributed by atoms with Crippen molar-refractivity contribution < 1.29 is 9.21 Å². The number of aryl methyl sites for hydroxylation is 2. The number of rotatable bonds is 6.